The zero-order valence-electron chi connectivity index (χ0n) is 11.9. The van der Waals surface area contributed by atoms with E-state index in [1.807, 2.05) is 0 Å². The van der Waals surface area contributed by atoms with Crippen LogP contribution in [0.15, 0.2) is 33.0 Å². The fourth-order valence-electron chi connectivity index (χ4n) is 1.72. The molecule has 0 saturated carbocycles. The van der Waals surface area contributed by atoms with Crippen LogP contribution in [0.25, 0.3) is 0 Å². The molecule has 0 atom stereocenters. The van der Waals surface area contributed by atoms with Crippen molar-refractivity contribution in [3.63, 3.8) is 0 Å². The van der Waals surface area contributed by atoms with Crippen LogP contribution in [0.1, 0.15) is 5.56 Å². The van der Waals surface area contributed by atoms with E-state index in [1.54, 1.807) is 26.3 Å². The first-order valence-corrected chi connectivity index (χ1v) is 7.21. The highest BCUT2D eigenvalue weighted by atomic mass is 32.2. The molecule has 2 aromatic rings. The number of nitrogens with one attached hydrogen (secondary N) is 2. The van der Waals surface area contributed by atoms with Crippen molar-refractivity contribution in [3.05, 3.63) is 40.1 Å². The first-order chi connectivity index (χ1) is 10.1. The number of rotatable bonds is 7. The molecule has 8 heteroatoms. The van der Waals surface area contributed by atoms with E-state index in [9.17, 15) is 9.18 Å². The molecule has 1 heterocycles. The van der Waals surface area contributed by atoms with Gasteiger partial charge in [-0.1, -0.05) is 6.07 Å². The Morgan fingerprint density at radius 2 is 2.33 bits per heavy atom. The van der Waals surface area contributed by atoms with Crippen LogP contribution in [0.3, 0.4) is 0 Å². The highest BCUT2D eigenvalue weighted by molar-refractivity contribution is 7.99. The molecule has 0 aliphatic heterocycles. The molecule has 2 rings (SSSR count). The Morgan fingerprint density at radius 3 is 3.00 bits per heavy atom. The minimum atomic E-state index is -0.298. The van der Waals surface area contributed by atoms with Crippen LogP contribution in [0.2, 0.25) is 0 Å². The third-order valence-electron chi connectivity index (χ3n) is 2.90. The van der Waals surface area contributed by atoms with E-state index >= 15 is 0 Å². The van der Waals surface area contributed by atoms with Crippen LogP contribution in [-0.2, 0) is 18.3 Å². The van der Waals surface area contributed by atoms with E-state index in [2.05, 4.69) is 15.5 Å². The van der Waals surface area contributed by atoms with Crippen LogP contribution in [0.5, 0.6) is 0 Å². The molecule has 0 aliphatic rings. The molecule has 114 valence electrons. The van der Waals surface area contributed by atoms with Crippen molar-refractivity contribution >= 4 is 11.8 Å². The van der Waals surface area contributed by atoms with E-state index in [0.29, 0.717) is 30.4 Å². The highest BCUT2D eigenvalue weighted by Crippen LogP contribution is 2.29. The van der Waals surface area contributed by atoms with Gasteiger partial charge in [0.25, 0.3) is 0 Å². The first-order valence-electron chi connectivity index (χ1n) is 6.39. The molecule has 0 spiro atoms. The maximum absolute atomic E-state index is 14.0. The number of aromatic nitrogens is 3. The third kappa shape index (κ3) is 3.93. The number of aromatic amines is 1. The Kier molecular flexibility index (Phi) is 5.54. The van der Waals surface area contributed by atoms with Gasteiger partial charge in [-0.25, -0.2) is 14.3 Å². The fourth-order valence-corrected chi connectivity index (χ4v) is 2.66. The van der Waals surface area contributed by atoms with E-state index in [0.717, 1.165) is 4.90 Å². The summed E-state index contributed by atoms with van der Waals surface area (Å²) in [7, 11) is 3.23. The van der Waals surface area contributed by atoms with Crippen molar-refractivity contribution in [1.82, 2.24) is 20.1 Å². The van der Waals surface area contributed by atoms with E-state index in [4.69, 9.17) is 4.74 Å². The van der Waals surface area contributed by atoms with Gasteiger partial charge in [-0.15, -0.1) is 5.10 Å². The van der Waals surface area contributed by atoms with Crippen LogP contribution in [-0.4, -0.2) is 35.0 Å². The summed E-state index contributed by atoms with van der Waals surface area (Å²) in [5, 5.41) is 9.88. The molecule has 1 aromatic carbocycles. The van der Waals surface area contributed by atoms with Crippen molar-refractivity contribution < 1.29 is 9.13 Å². The predicted octanol–water partition coefficient (Wildman–Crippen LogP) is 1.13. The molecule has 1 aromatic heterocycles. The summed E-state index contributed by atoms with van der Waals surface area (Å²) < 4.78 is 20.3. The molecule has 6 nitrogen and oxygen atoms in total. The number of benzene rings is 1. The van der Waals surface area contributed by atoms with Gasteiger partial charge in [0.15, 0.2) is 5.16 Å². The van der Waals surface area contributed by atoms with Crippen molar-refractivity contribution in [1.29, 1.82) is 0 Å². The molecule has 21 heavy (non-hydrogen) atoms. The molecule has 0 fully saturated rings. The zero-order valence-corrected chi connectivity index (χ0v) is 12.7. The topological polar surface area (TPSA) is 71.9 Å². The van der Waals surface area contributed by atoms with Crippen LogP contribution in [0, 0.1) is 5.82 Å². The number of hydrogen-bond acceptors (Lipinski definition) is 5. The smallest absolute Gasteiger partial charge is 0.343 e. The van der Waals surface area contributed by atoms with Crippen LogP contribution >= 0.6 is 11.8 Å². The average molecular weight is 312 g/mol. The summed E-state index contributed by atoms with van der Waals surface area (Å²) in [5.74, 6) is -0.287. The fraction of sp³-hybridized carbons (Fsp3) is 0.385. The first kappa shape index (κ1) is 15.7. The van der Waals surface area contributed by atoms with E-state index < -0.39 is 0 Å². The monoisotopic (exact) mass is 312 g/mol. The van der Waals surface area contributed by atoms with Gasteiger partial charge in [-0.05, 0) is 23.9 Å². The Hall–Kier alpha value is -1.64. The van der Waals surface area contributed by atoms with Gasteiger partial charge in [0.2, 0.25) is 0 Å². The van der Waals surface area contributed by atoms with E-state index in [-0.39, 0.29) is 11.5 Å². The summed E-state index contributed by atoms with van der Waals surface area (Å²) in [6.45, 7) is 1.58. The largest absolute Gasteiger partial charge is 0.383 e. The lowest BCUT2D eigenvalue weighted by atomic mass is 10.2. The second-order valence-corrected chi connectivity index (χ2v) is 5.37. The Balaban J connectivity index is 2.17. The molecule has 0 unspecified atom stereocenters. The molecule has 2 N–H and O–H groups in total. The number of hydrogen-bond donors (Lipinski definition) is 2. The summed E-state index contributed by atoms with van der Waals surface area (Å²) in [6.07, 6.45) is 0. The van der Waals surface area contributed by atoms with Crippen molar-refractivity contribution in [2.75, 3.05) is 20.3 Å². The second kappa shape index (κ2) is 7.39. The standard InChI is InChI=1S/C13H17FN4O2S/c1-18-12(19)16-17-13(18)21-11-5-3-4-10(14)9(11)8-15-6-7-20-2/h3-5,15H,6-8H2,1-2H3,(H,16,19). The van der Waals surface area contributed by atoms with Crippen molar-refractivity contribution in [2.24, 2.45) is 7.05 Å². The molecule has 0 bridgehead atoms. The van der Waals surface area contributed by atoms with Gasteiger partial charge in [0.05, 0.1) is 6.61 Å². The summed E-state index contributed by atoms with van der Waals surface area (Å²) in [4.78, 5) is 12.1. The van der Waals surface area contributed by atoms with Crippen molar-refractivity contribution in [2.45, 2.75) is 16.6 Å². The molecule has 0 radical (unpaired) electrons. The number of halogens is 1. The molecular weight excluding hydrogens is 295 g/mol. The van der Waals surface area contributed by atoms with Crippen LogP contribution in [0.4, 0.5) is 4.39 Å². The average Bonchev–Trinajstić information content (AvgIpc) is 2.78. The highest BCUT2D eigenvalue weighted by Gasteiger charge is 2.13. The number of methoxy groups -OCH3 is 1. The number of ether oxygens (including phenoxy) is 1. The van der Waals surface area contributed by atoms with E-state index in [1.165, 1.54) is 22.4 Å². The minimum absolute atomic E-state index is 0.287. The molecule has 0 aliphatic carbocycles. The zero-order chi connectivity index (χ0) is 15.2. The summed E-state index contributed by atoms with van der Waals surface area (Å²) >= 11 is 1.25. The number of H-pyrrole nitrogens is 1. The Morgan fingerprint density at radius 1 is 1.52 bits per heavy atom. The Labute approximate surface area is 125 Å². The molecular formula is C13H17FN4O2S. The van der Waals surface area contributed by atoms with Gasteiger partial charge < -0.3 is 10.1 Å². The lowest BCUT2D eigenvalue weighted by Gasteiger charge is -2.10. The SMILES string of the molecule is COCCNCc1c(F)cccc1Sc1n[nH]c(=O)n1C. The quantitative estimate of drug-likeness (QED) is 0.750. The predicted molar refractivity (Wildman–Crippen MR) is 77.9 cm³/mol. The Bertz CT molecular complexity index is 656. The second-order valence-electron chi connectivity index (χ2n) is 4.36. The lowest BCUT2D eigenvalue weighted by Crippen LogP contribution is -2.19. The van der Waals surface area contributed by atoms with Gasteiger partial charge in [-0.2, -0.15) is 0 Å². The van der Waals surface area contributed by atoms with Crippen LogP contribution < -0.4 is 11.0 Å². The summed E-state index contributed by atoms with van der Waals surface area (Å²) in [6, 6.07) is 4.86. The van der Waals surface area contributed by atoms with Crippen molar-refractivity contribution in [3.8, 4) is 0 Å². The van der Waals surface area contributed by atoms with Gasteiger partial charge in [0.1, 0.15) is 5.82 Å². The number of nitrogens with zero attached hydrogens (tertiary/aromatic N) is 2. The molecule has 0 amide bonds. The normalized spacial score (nSPS) is 11.0. The lowest BCUT2D eigenvalue weighted by molar-refractivity contribution is 0.199. The van der Waals surface area contributed by atoms with Gasteiger partial charge >= 0.3 is 5.69 Å². The maximum Gasteiger partial charge on any atom is 0.343 e. The molecule has 0 saturated heterocycles. The minimum Gasteiger partial charge on any atom is -0.383 e. The van der Waals surface area contributed by atoms with Gasteiger partial charge in [-0.3, -0.25) is 4.57 Å². The third-order valence-corrected chi connectivity index (χ3v) is 4.05. The summed E-state index contributed by atoms with van der Waals surface area (Å²) in [5.41, 5.74) is 0.253. The maximum atomic E-state index is 14.0. The van der Waals surface area contributed by atoms with Gasteiger partial charge in [0, 0.05) is 37.7 Å².